The zero-order valence-electron chi connectivity index (χ0n) is 21.7. The quantitative estimate of drug-likeness (QED) is 0.100. The van der Waals surface area contributed by atoms with E-state index in [0.29, 0.717) is 6.61 Å². The molecule has 0 amide bonds. The summed E-state index contributed by atoms with van der Waals surface area (Å²) in [6, 6.07) is 0. The van der Waals surface area contributed by atoms with Crippen molar-refractivity contribution >= 4 is 0 Å². The van der Waals surface area contributed by atoms with E-state index in [2.05, 4.69) is 19.1 Å². The van der Waals surface area contributed by atoms with Crippen LogP contribution in [-0.4, -0.2) is 11.7 Å². The summed E-state index contributed by atoms with van der Waals surface area (Å²) in [7, 11) is 0. The minimum Gasteiger partial charge on any atom is -0.396 e. The van der Waals surface area contributed by atoms with Gasteiger partial charge >= 0.3 is 0 Å². The highest BCUT2D eigenvalue weighted by atomic mass is 16.2. The second kappa shape index (κ2) is 29.7. The van der Waals surface area contributed by atoms with Gasteiger partial charge in [0.2, 0.25) is 0 Å². The summed E-state index contributed by atoms with van der Waals surface area (Å²) >= 11 is 0. The van der Waals surface area contributed by atoms with E-state index in [1.807, 2.05) is 0 Å². The third-order valence-corrected chi connectivity index (χ3v) is 6.67. The molecule has 0 spiro atoms. The highest BCUT2D eigenvalue weighted by Gasteiger charge is 1.95. The standard InChI is InChI=1S/C30H60O/c1-2-3-4-5-6-7-8-9-10-11-12-13-14-15-16-17-18-19-20-21-22-23-24-25-26-27-28-29-30-31/h18-19,31H,2-17,20-30H2,1H3/b19-18-. The van der Waals surface area contributed by atoms with Gasteiger partial charge in [-0.1, -0.05) is 154 Å². The molecule has 0 radical (unpaired) electrons. The van der Waals surface area contributed by atoms with E-state index in [-0.39, 0.29) is 0 Å². The summed E-state index contributed by atoms with van der Waals surface area (Å²) in [5.74, 6) is 0. The molecule has 0 atom stereocenters. The molecule has 1 heteroatoms. The molecule has 1 nitrogen and oxygen atoms in total. The van der Waals surface area contributed by atoms with E-state index in [0.717, 1.165) is 6.42 Å². The smallest absolute Gasteiger partial charge is 0.0431 e. The monoisotopic (exact) mass is 436 g/mol. The SMILES string of the molecule is CCCCCCCCCCCCCCCCC/C=C\CCCCCCCCCCCO. The number of aliphatic hydroxyl groups is 1. The van der Waals surface area contributed by atoms with E-state index >= 15 is 0 Å². The Bertz CT molecular complexity index is 322. The van der Waals surface area contributed by atoms with Gasteiger partial charge in [-0.2, -0.15) is 0 Å². The minimum absolute atomic E-state index is 0.368. The number of hydrogen-bond acceptors (Lipinski definition) is 1. The minimum atomic E-state index is 0.368. The second-order valence-electron chi connectivity index (χ2n) is 9.90. The first-order valence-corrected chi connectivity index (χ1v) is 14.7. The summed E-state index contributed by atoms with van der Waals surface area (Å²) in [4.78, 5) is 0. The zero-order valence-corrected chi connectivity index (χ0v) is 21.7. The molecule has 186 valence electrons. The Hall–Kier alpha value is -0.300. The van der Waals surface area contributed by atoms with E-state index in [4.69, 9.17) is 5.11 Å². The molecule has 0 aliphatic carbocycles. The molecule has 0 aromatic heterocycles. The van der Waals surface area contributed by atoms with Crippen molar-refractivity contribution in [1.82, 2.24) is 0 Å². The Morgan fingerprint density at radius 2 is 0.613 bits per heavy atom. The van der Waals surface area contributed by atoms with Crippen LogP contribution in [-0.2, 0) is 0 Å². The molecule has 0 unspecified atom stereocenters. The molecular formula is C30H60O. The lowest BCUT2D eigenvalue weighted by Gasteiger charge is -2.03. The van der Waals surface area contributed by atoms with Gasteiger partial charge in [-0.25, -0.2) is 0 Å². The fourth-order valence-corrected chi connectivity index (χ4v) is 4.48. The first-order valence-electron chi connectivity index (χ1n) is 14.7. The van der Waals surface area contributed by atoms with Crippen molar-refractivity contribution in [3.8, 4) is 0 Å². The van der Waals surface area contributed by atoms with Crippen molar-refractivity contribution in [1.29, 1.82) is 0 Å². The topological polar surface area (TPSA) is 20.2 Å². The molecule has 1 N–H and O–H groups in total. The summed E-state index contributed by atoms with van der Waals surface area (Å²) in [6.45, 7) is 2.67. The molecule has 0 saturated heterocycles. The van der Waals surface area contributed by atoms with Gasteiger partial charge < -0.3 is 5.11 Å². The summed E-state index contributed by atoms with van der Waals surface area (Å²) < 4.78 is 0. The van der Waals surface area contributed by atoms with Crippen LogP contribution in [0.25, 0.3) is 0 Å². The number of unbranched alkanes of at least 4 members (excludes halogenated alkanes) is 24. The van der Waals surface area contributed by atoms with Crippen molar-refractivity contribution in [2.24, 2.45) is 0 Å². The molecule has 0 aromatic carbocycles. The van der Waals surface area contributed by atoms with Crippen molar-refractivity contribution in [2.45, 2.75) is 174 Å². The third-order valence-electron chi connectivity index (χ3n) is 6.67. The average molecular weight is 437 g/mol. The molecule has 31 heavy (non-hydrogen) atoms. The van der Waals surface area contributed by atoms with Gasteiger partial charge in [0, 0.05) is 6.61 Å². The fourth-order valence-electron chi connectivity index (χ4n) is 4.48. The highest BCUT2D eigenvalue weighted by molar-refractivity contribution is 4.81. The van der Waals surface area contributed by atoms with Crippen molar-refractivity contribution < 1.29 is 5.11 Å². The Kier molecular flexibility index (Phi) is 29.4. The van der Waals surface area contributed by atoms with Gasteiger partial charge in [-0.05, 0) is 32.1 Å². The van der Waals surface area contributed by atoms with Crippen LogP contribution in [0.3, 0.4) is 0 Å². The number of aliphatic hydroxyl groups excluding tert-OH is 1. The van der Waals surface area contributed by atoms with Crippen LogP contribution >= 0.6 is 0 Å². The van der Waals surface area contributed by atoms with Gasteiger partial charge in [-0.15, -0.1) is 0 Å². The maximum absolute atomic E-state index is 8.75. The van der Waals surface area contributed by atoms with Gasteiger partial charge in [0.05, 0.1) is 0 Å². The van der Waals surface area contributed by atoms with Crippen molar-refractivity contribution in [2.75, 3.05) is 6.61 Å². The van der Waals surface area contributed by atoms with E-state index in [1.165, 1.54) is 161 Å². The Morgan fingerprint density at radius 3 is 0.903 bits per heavy atom. The van der Waals surface area contributed by atoms with Crippen LogP contribution in [0.4, 0.5) is 0 Å². The summed E-state index contributed by atoms with van der Waals surface area (Å²) in [5.41, 5.74) is 0. The van der Waals surface area contributed by atoms with Crippen LogP contribution in [0.15, 0.2) is 12.2 Å². The normalized spacial score (nSPS) is 11.7. The molecule has 0 aromatic rings. The van der Waals surface area contributed by atoms with Crippen molar-refractivity contribution in [3.63, 3.8) is 0 Å². The van der Waals surface area contributed by atoms with E-state index < -0.39 is 0 Å². The highest BCUT2D eigenvalue weighted by Crippen LogP contribution is 2.14. The first-order chi connectivity index (χ1) is 15.4. The molecule has 0 heterocycles. The largest absolute Gasteiger partial charge is 0.396 e. The lowest BCUT2D eigenvalue weighted by atomic mass is 10.0. The first kappa shape index (κ1) is 30.7. The van der Waals surface area contributed by atoms with Crippen LogP contribution < -0.4 is 0 Å². The Balaban J connectivity index is 3.06. The lowest BCUT2D eigenvalue weighted by molar-refractivity contribution is 0.282. The maximum atomic E-state index is 8.75. The number of rotatable bonds is 27. The van der Waals surface area contributed by atoms with E-state index in [1.54, 1.807) is 0 Å². The van der Waals surface area contributed by atoms with Gasteiger partial charge in [0.1, 0.15) is 0 Å². The molecule has 0 aliphatic heterocycles. The molecule has 0 saturated carbocycles. The summed E-state index contributed by atoms with van der Waals surface area (Å²) in [5, 5.41) is 8.75. The maximum Gasteiger partial charge on any atom is 0.0431 e. The average Bonchev–Trinajstić information content (AvgIpc) is 2.78. The molecule has 0 aliphatic rings. The molecule has 0 rings (SSSR count). The van der Waals surface area contributed by atoms with Gasteiger partial charge in [0.25, 0.3) is 0 Å². The van der Waals surface area contributed by atoms with Crippen LogP contribution in [0, 0.1) is 0 Å². The van der Waals surface area contributed by atoms with Crippen LogP contribution in [0.5, 0.6) is 0 Å². The second-order valence-corrected chi connectivity index (χ2v) is 9.90. The van der Waals surface area contributed by atoms with E-state index in [9.17, 15) is 0 Å². The molecule has 0 bridgehead atoms. The molecule has 0 fully saturated rings. The van der Waals surface area contributed by atoms with Gasteiger partial charge in [0.15, 0.2) is 0 Å². The predicted molar refractivity (Wildman–Crippen MR) is 142 cm³/mol. The number of allylic oxidation sites excluding steroid dienone is 2. The lowest BCUT2D eigenvalue weighted by Crippen LogP contribution is -1.84. The Morgan fingerprint density at radius 1 is 0.355 bits per heavy atom. The molecular weight excluding hydrogens is 376 g/mol. The van der Waals surface area contributed by atoms with Gasteiger partial charge in [-0.3, -0.25) is 0 Å². The predicted octanol–water partition coefficient (Wildman–Crippen LogP) is 10.7. The number of hydrogen-bond donors (Lipinski definition) is 1. The van der Waals surface area contributed by atoms with Crippen LogP contribution in [0.1, 0.15) is 174 Å². The Labute approximate surface area is 197 Å². The van der Waals surface area contributed by atoms with Crippen LogP contribution in [0.2, 0.25) is 0 Å². The summed E-state index contributed by atoms with van der Waals surface area (Å²) in [6.07, 6.45) is 41.1. The van der Waals surface area contributed by atoms with Crippen molar-refractivity contribution in [3.05, 3.63) is 12.2 Å². The fraction of sp³-hybridized carbons (Fsp3) is 0.933. The zero-order chi connectivity index (χ0) is 22.5. The third kappa shape index (κ3) is 29.7.